The van der Waals surface area contributed by atoms with Crippen LogP contribution >= 0.6 is 11.3 Å². The molecule has 1 aliphatic rings. The van der Waals surface area contributed by atoms with Gasteiger partial charge in [0.1, 0.15) is 11.5 Å². The highest BCUT2D eigenvalue weighted by atomic mass is 32.1. The van der Waals surface area contributed by atoms with Gasteiger partial charge in [-0.15, -0.1) is 11.3 Å². The molecule has 9 heteroatoms. The molecule has 3 heterocycles. The molecule has 0 spiro atoms. The molecule has 2 aromatic carbocycles. The molecule has 0 aliphatic carbocycles. The third-order valence-corrected chi connectivity index (χ3v) is 6.92. The lowest BCUT2D eigenvalue weighted by Gasteiger charge is -2.22. The summed E-state index contributed by atoms with van der Waals surface area (Å²) in [4.78, 5) is 44.7. The highest BCUT2D eigenvalue weighted by Crippen LogP contribution is 2.27. The Labute approximate surface area is 204 Å². The fourth-order valence-electron chi connectivity index (χ4n) is 4.36. The number of imide groups is 1. The van der Waals surface area contributed by atoms with Gasteiger partial charge in [-0.05, 0) is 48.2 Å². The number of carbonyl (C=O) groups excluding carboxylic acids is 3. The van der Waals surface area contributed by atoms with Crippen molar-refractivity contribution in [2.75, 3.05) is 6.54 Å². The number of hydrogen-bond donors (Lipinski definition) is 0. The van der Waals surface area contributed by atoms with E-state index in [-0.39, 0.29) is 36.4 Å². The van der Waals surface area contributed by atoms with Crippen molar-refractivity contribution < 1.29 is 18.8 Å². The summed E-state index contributed by atoms with van der Waals surface area (Å²) in [5, 5.41) is 6.28. The first kappa shape index (κ1) is 22.8. The first-order chi connectivity index (χ1) is 16.9. The topological polar surface area (TPSA) is 85.2 Å². The lowest BCUT2D eigenvalue weighted by molar-refractivity contribution is 0.0617. The molecule has 0 N–H and O–H groups in total. The number of hydrogen-bond acceptors (Lipinski definition) is 6. The number of nitrogens with zero attached hydrogens (tertiary/aromatic N) is 4. The van der Waals surface area contributed by atoms with Crippen LogP contribution in [0.2, 0.25) is 0 Å². The second-order valence-corrected chi connectivity index (χ2v) is 9.33. The summed E-state index contributed by atoms with van der Waals surface area (Å²) in [6, 6.07) is 14.6. The quantitative estimate of drug-likeness (QED) is 0.271. The van der Waals surface area contributed by atoms with E-state index >= 15 is 0 Å². The Morgan fingerprint density at radius 3 is 2.46 bits per heavy atom. The molecule has 1 unspecified atom stereocenters. The van der Waals surface area contributed by atoms with Crippen LogP contribution in [0.1, 0.15) is 42.5 Å². The minimum atomic E-state index is -0.407. The van der Waals surface area contributed by atoms with Crippen molar-refractivity contribution in [1.82, 2.24) is 19.7 Å². The second-order valence-electron chi connectivity index (χ2n) is 8.47. The van der Waals surface area contributed by atoms with Gasteiger partial charge in [-0.2, -0.15) is 5.10 Å². The summed E-state index contributed by atoms with van der Waals surface area (Å²) in [5.74, 6) is -1.74. The van der Waals surface area contributed by atoms with Gasteiger partial charge in [0, 0.05) is 31.6 Å². The molecule has 1 atom stereocenters. The molecule has 0 fully saturated rings. The van der Waals surface area contributed by atoms with Crippen molar-refractivity contribution in [3.63, 3.8) is 0 Å². The third kappa shape index (κ3) is 4.54. The van der Waals surface area contributed by atoms with Crippen molar-refractivity contribution in [2.24, 2.45) is 13.0 Å². The largest absolute Gasteiger partial charge is 0.292 e. The van der Waals surface area contributed by atoms with Crippen LogP contribution in [0.15, 0.2) is 66.2 Å². The van der Waals surface area contributed by atoms with E-state index in [9.17, 15) is 18.8 Å². The van der Waals surface area contributed by atoms with Crippen molar-refractivity contribution in [3.8, 4) is 11.4 Å². The van der Waals surface area contributed by atoms with Crippen molar-refractivity contribution in [2.45, 2.75) is 12.8 Å². The van der Waals surface area contributed by atoms with Gasteiger partial charge in [0.15, 0.2) is 10.8 Å². The minimum absolute atomic E-state index is 0.0502. The number of benzene rings is 2. The Bertz CT molecular complexity index is 1410. The number of fused-ring (bicyclic) bond motifs is 1. The van der Waals surface area contributed by atoms with E-state index in [1.807, 2.05) is 6.07 Å². The average molecular weight is 489 g/mol. The molecule has 0 saturated carbocycles. The van der Waals surface area contributed by atoms with E-state index in [2.05, 4.69) is 10.1 Å². The zero-order chi connectivity index (χ0) is 24.5. The van der Waals surface area contributed by atoms with E-state index < -0.39 is 5.92 Å². The van der Waals surface area contributed by atoms with Gasteiger partial charge in [-0.25, -0.2) is 9.37 Å². The fourth-order valence-corrected chi connectivity index (χ4v) is 5.12. The third-order valence-electron chi connectivity index (χ3n) is 6.03. The van der Waals surface area contributed by atoms with Crippen LogP contribution < -0.4 is 0 Å². The lowest BCUT2D eigenvalue weighted by atomic mass is 9.93. The number of thiazole rings is 1. The molecular formula is C26H21FN4O3S. The van der Waals surface area contributed by atoms with E-state index in [0.717, 1.165) is 5.69 Å². The highest BCUT2D eigenvalue weighted by Gasteiger charge is 2.37. The maximum atomic E-state index is 13.8. The molecule has 0 saturated heterocycles. The van der Waals surface area contributed by atoms with Gasteiger partial charge in [-0.3, -0.25) is 24.0 Å². The fraction of sp³-hybridized carbons (Fsp3) is 0.192. The van der Waals surface area contributed by atoms with Gasteiger partial charge >= 0.3 is 0 Å². The number of aryl methyl sites for hydroxylation is 1. The summed E-state index contributed by atoms with van der Waals surface area (Å²) >= 11 is 1.24. The summed E-state index contributed by atoms with van der Waals surface area (Å²) in [6.07, 6.45) is 2.05. The molecule has 0 radical (unpaired) electrons. The van der Waals surface area contributed by atoms with Gasteiger partial charge in [0.2, 0.25) is 0 Å². The standard InChI is InChI=1S/C26H21FN4O3S/c1-30-22(9-10-28-30)21-15-35-24(29-21)23(32)13-17(11-16-5-4-6-18(27)12-16)14-31-25(33)19-7-2-3-8-20(19)26(31)34/h2-10,12,15,17H,11,13-14H2,1H3. The van der Waals surface area contributed by atoms with Gasteiger partial charge in [0.25, 0.3) is 11.8 Å². The van der Waals surface area contributed by atoms with Crippen LogP contribution in [0.4, 0.5) is 4.39 Å². The zero-order valence-corrected chi connectivity index (χ0v) is 19.7. The predicted octanol–water partition coefficient (Wildman–Crippen LogP) is 4.41. The number of carbonyl (C=O) groups is 3. The lowest BCUT2D eigenvalue weighted by Crippen LogP contribution is -2.36. The van der Waals surface area contributed by atoms with Crippen LogP contribution in [0, 0.1) is 11.7 Å². The van der Waals surface area contributed by atoms with E-state index in [4.69, 9.17) is 0 Å². The Balaban J connectivity index is 1.38. The number of aromatic nitrogens is 3. The van der Waals surface area contributed by atoms with Crippen molar-refractivity contribution in [1.29, 1.82) is 0 Å². The molecule has 7 nitrogen and oxygen atoms in total. The predicted molar refractivity (Wildman–Crippen MR) is 129 cm³/mol. The first-order valence-corrected chi connectivity index (χ1v) is 12.0. The van der Waals surface area contributed by atoms with Gasteiger partial charge in [-0.1, -0.05) is 24.3 Å². The Morgan fingerprint density at radius 1 is 1.06 bits per heavy atom. The number of halogens is 1. The molecule has 1 aliphatic heterocycles. The summed E-state index contributed by atoms with van der Waals surface area (Å²) < 4.78 is 15.5. The van der Waals surface area contributed by atoms with Crippen LogP contribution in [0.5, 0.6) is 0 Å². The average Bonchev–Trinajstić information content (AvgIpc) is 3.55. The van der Waals surface area contributed by atoms with Crippen molar-refractivity contribution >= 4 is 28.9 Å². The molecule has 5 rings (SSSR count). The Kier molecular flexibility index (Phi) is 6.08. The number of ketones is 1. The van der Waals surface area contributed by atoms with E-state index in [1.165, 1.54) is 28.4 Å². The number of Topliss-reactive ketones (excluding diaryl/α,β-unsaturated/α-hetero) is 1. The monoisotopic (exact) mass is 488 g/mol. The molecule has 0 bridgehead atoms. The maximum absolute atomic E-state index is 13.8. The Morgan fingerprint density at radius 2 is 1.80 bits per heavy atom. The Hall–Kier alpha value is -3.98. The van der Waals surface area contributed by atoms with E-state index in [1.54, 1.807) is 59.7 Å². The maximum Gasteiger partial charge on any atom is 0.261 e. The molecule has 35 heavy (non-hydrogen) atoms. The van der Waals surface area contributed by atoms with Gasteiger partial charge < -0.3 is 0 Å². The SMILES string of the molecule is Cn1nccc1-c1csc(C(=O)CC(Cc2cccc(F)c2)CN2C(=O)c3ccccc3C2=O)n1. The molecule has 4 aromatic rings. The highest BCUT2D eigenvalue weighted by molar-refractivity contribution is 7.12. The molecule has 2 aromatic heterocycles. The molecule has 2 amide bonds. The van der Waals surface area contributed by atoms with E-state index in [0.29, 0.717) is 33.8 Å². The number of rotatable bonds is 8. The smallest absolute Gasteiger partial charge is 0.261 e. The van der Waals surface area contributed by atoms with Crippen LogP contribution in [0.25, 0.3) is 11.4 Å². The molecule has 176 valence electrons. The van der Waals surface area contributed by atoms with Crippen LogP contribution in [0.3, 0.4) is 0 Å². The minimum Gasteiger partial charge on any atom is -0.292 e. The summed E-state index contributed by atoms with van der Waals surface area (Å²) in [6.45, 7) is 0.0502. The number of amides is 2. The molecular weight excluding hydrogens is 467 g/mol. The van der Waals surface area contributed by atoms with Crippen LogP contribution in [-0.4, -0.2) is 43.8 Å². The summed E-state index contributed by atoms with van der Waals surface area (Å²) in [7, 11) is 1.80. The van der Waals surface area contributed by atoms with Crippen molar-refractivity contribution in [3.05, 3.63) is 93.7 Å². The summed E-state index contributed by atoms with van der Waals surface area (Å²) in [5.41, 5.74) is 2.85. The van der Waals surface area contributed by atoms with Crippen LogP contribution in [-0.2, 0) is 13.5 Å². The second kappa shape index (κ2) is 9.34. The van der Waals surface area contributed by atoms with Gasteiger partial charge in [0.05, 0.1) is 16.8 Å². The normalized spacial score (nSPS) is 13.8. The first-order valence-electron chi connectivity index (χ1n) is 11.1. The zero-order valence-electron chi connectivity index (χ0n) is 18.8.